The molecule has 0 unspecified atom stereocenters. The van der Waals surface area contributed by atoms with Crippen molar-refractivity contribution in [2.24, 2.45) is 10.1 Å². The number of methoxy groups -OCH3 is 1. The molecule has 0 bridgehead atoms. The molecule has 1 N–H and O–H groups in total. The van der Waals surface area contributed by atoms with E-state index in [1.54, 1.807) is 31.4 Å². The van der Waals surface area contributed by atoms with E-state index in [-0.39, 0.29) is 5.82 Å². The van der Waals surface area contributed by atoms with Gasteiger partial charge in [0.05, 0.1) is 12.8 Å². The van der Waals surface area contributed by atoms with Gasteiger partial charge in [0.1, 0.15) is 17.3 Å². The van der Waals surface area contributed by atoms with E-state index in [2.05, 4.69) is 10.5 Å². The Hall–Kier alpha value is -3.18. The third-order valence-corrected chi connectivity index (χ3v) is 4.45. The Morgan fingerprint density at radius 3 is 2.33 bits per heavy atom. The fraction of sp³-hybridized carbons (Fsp3) is 0.0476. The number of aliphatic imine (C=N–C) groups is 1. The lowest BCUT2D eigenvalue weighted by Crippen LogP contribution is -2.19. The first kappa shape index (κ1) is 17.2. The van der Waals surface area contributed by atoms with Crippen LogP contribution < -0.4 is 10.2 Å². The number of nitrogens with zero attached hydrogens (tertiary/aromatic N) is 2. The molecule has 27 heavy (non-hydrogen) atoms. The zero-order chi connectivity index (χ0) is 18.8. The molecular weight excluding hydrogens is 365 g/mol. The van der Waals surface area contributed by atoms with E-state index in [0.717, 1.165) is 22.4 Å². The van der Waals surface area contributed by atoms with Crippen LogP contribution >= 0.6 is 11.6 Å². The number of hydrogen-bond acceptors (Lipinski definition) is 4. The number of nitrogens with one attached hydrogen (secondary N) is 1. The van der Waals surface area contributed by atoms with Gasteiger partial charge < -0.3 is 4.74 Å². The van der Waals surface area contributed by atoms with Crippen LogP contribution in [0.2, 0.25) is 5.02 Å². The van der Waals surface area contributed by atoms with E-state index in [4.69, 9.17) is 21.3 Å². The van der Waals surface area contributed by atoms with Crippen LogP contribution in [0.1, 0.15) is 16.7 Å². The summed E-state index contributed by atoms with van der Waals surface area (Å²) in [5.74, 6) is 0.980. The van der Waals surface area contributed by atoms with E-state index in [0.29, 0.717) is 22.3 Å². The quantitative estimate of drug-likeness (QED) is 0.702. The predicted octanol–water partition coefficient (Wildman–Crippen LogP) is 4.92. The van der Waals surface area contributed by atoms with Crippen LogP contribution in [0, 0.1) is 5.82 Å². The number of halogens is 2. The molecule has 0 aliphatic carbocycles. The van der Waals surface area contributed by atoms with Gasteiger partial charge in [0.15, 0.2) is 5.84 Å². The van der Waals surface area contributed by atoms with Gasteiger partial charge >= 0.3 is 0 Å². The van der Waals surface area contributed by atoms with Crippen LogP contribution in [0.4, 0.5) is 10.1 Å². The molecule has 134 valence electrons. The molecular formula is C21H15ClFN3O. The smallest absolute Gasteiger partial charge is 0.154 e. The number of hydrazone groups is 1. The molecule has 0 radical (unpaired) electrons. The van der Waals surface area contributed by atoms with Crippen molar-refractivity contribution >= 4 is 28.8 Å². The summed E-state index contributed by atoms with van der Waals surface area (Å²) in [6.45, 7) is 0. The molecule has 3 aromatic carbocycles. The average molecular weight is 380 g/mol. The van der Waals surface area contributed by atoms with Gasteiger partial charge in [-0.15, -0.1) is 0 Å². The first-order valence-corrected chi connectivity index (χ1v) is 8.64. The summed E-state index contributed by atoms with van der Waals surface area (Å²) in [7, 11) is 1.60. The van der Waals surface area contributed by atoms with Crippen molar-refractivity contribution < 1.29 is 9.13 Å². The van der Waals surface area contributed by atoms with Crippen molar-refractivity contribution in [2.75, 3.05) is 7.11 Å². The Balaban J connectivity index is 1.86. The van der Waals surface area contributed by atoms with Crippen LogP contribution in [-0.4, -0.2) is 18.7 Å². The zero-order valence-corrected chi connectivity index (χ0v) is 15.2. The molecule has 4 rings (SSSR count). The monoisotopic (exact) mass is 379 g/mol. The van der Waals surface area contributed by atoms with Crippen molar-refractivity contribution in [3.8, 4) is 5.75 Å². The van der Waals surface area contributed by atoms with Gasteiger partial charge in [0.2, 0.25) is 0 Å². The second kappa shape index (κ2) is 7.21. The lowest BCUT2D eigenvalue weighted by molar-refractivity contribution is 0.415. The van der Waals surface area contributed by atoms with Gasteiger partial charge in [-0.3, -0.25) is 5.43 Å². The van der Waals surface area contributed by atoms with Crippen LogP contribution in [0.3, 0.4) is 0 Å². The summed E-state index contributed by atoms with van der Waals surface area (Å²) >= 11 is 5.98. The molecule has 0 saturated heterocycles. The molecule has 3 aromatic rings. The molecule has 0 fully saturated rings. The SMILES string of the molecule is COc1ccc2c(c1)C(c1ccc(F)cc1)=NNC(c1ccc(Cl)cc1)=N2. The maximum Gasteiger partial charge on any atom is 0.154 e. The molecule has 6 heteroatoms. The maximum atomic E-state index is 13.4. The largest absolute Gasteiger partial charge is 0.497 e. The van der Waals surface area contributed by atoms with E-state index < -0.39 is 0 Å². The van der Waals surface area contributed by atoms with Crippen molar-refractivity contribution in [3.05, 3.63) is 94.3 Å². The Morgan fingerprint density at radius 1 is 0.926 bits per heavy atom. The molecule has 0 spiro atoms. The van der Waals surface area contributed by atoms with Gasteiger partial charge in [-0.1, -0.05) is 11.6 Å². The van der Waals surface area contributed by atoms with Crippen LogP contribution in [0.15, 0.2) is 76.8 Å². The summed E-state index contributed by atoms with van der Waals surface area (Å²) in [6.07, 6.45) is 0. The van der Waals surface area contributed by atoms with Crippen LogP contribution in [0.25, 0.3) is 0 Å². The Labute approximate surface area is 161 Å². The second-order valence-electron chi connectivity index (χ2n) is 5.93. The lowest BCUT2D eigenvalue weighted by Gasteiger charge is -2.09. The van der Waals surface area contributed by atoms with E-state index >= 15 is 0 Å². The summed E-state index contributed by atoms with van der Waals surface area (Å²) in [6, 6.07) is 19.1. The van der Waals surface area contributed by atoms with Crippen molar-refractivity contribution in [3.63, 3.8) is 0 Å². The molecule has 1 heterocycles. The zero-order valence-electron chi connectivity index (χ0n) is 14.4. The number of amidine groups is 1. The Bertz CT molecular complexity index is 1040. The molecule has 1 aliphatic rings. The summed E-state index contributed by atoms with van der Waals surface area (Å²) in [5.41, 5.74) is 6.82. The fourth-order valence-corrected chi connectivity index (χ4v) is 2.93. The second-order valence-corrected chi connectivity index (χ2v) is 6.37. The lowest BCUT2D eigenvalue weighted by atomic mass is 10.0. The first-order chi connectivity index (χ1) is 13.1. The fourth-order valence-electron chi connectivity index (χ4n) is 2.81. The number of benzene rings is 3. The van der Waals surface area contributed by atoms with Gasteiger partial charge in [0.25, 0.3) is 0 Å². The summed E-state index contributed by atoms with van der Waals surface area (Å²) in [5, 5.41) is 5.19. The van der Waals surface area contributed by atoms with Crippen LogP contribution in [-0.2, 0) is 0 Å². The topological polar surface area (TPSA) is 46.0 Å². The molecule has 0 aromatic heterocycles. The highest BCUT2D eigenvalue weighted by molar-refractivity contribution is 6.30. The number of rotatable bonds is 3. The van der Waals surface area contributed by atoms with Crippen molar-refractivity contribution in [2.45, 2.75) is 0 Å². The van der Waals surface area contributed by atoms with Crippen molar-refractivity contribution in [1.29, 1.82) is 0 Å². The van der Waals surface area contributed by atoms with Gasteiger partial charge in [0, 0.05) is 21.7 Å². The normalized spacial score (nSPS) is 13.0. The maximum absolute atomic E-state index is 13.4. The summed E-state index contributed by atoms with van der Waals surface area (Å²) in [4.78, 5) is 4.73. The highest BCUT2D eigenvalue weighted by Gasteiger charge is 2.18. The average Bonchev–Trinajstić information content (AvgIpc) is 2.88. The highest BCUT2D eigenvalue weighted by Crippen LogP contribution is 2.29. The molecule has 0 amide bonds. The minimum absolute atomic E-state index is 0.301. The number of ether oxygens (including phenoxy) is 1. The third-order valence-electron chi connectivity index (χ3n) is 4.20. The van der Waals surface area contributed by atoms with E-state index in [1.165, 1.54) is 12.1 Å². The van der Waals surface area contributed by atoms with Gasteiger partial charge in [-0.25, -0.2) is 9.38 Å². The standard InChI is InChI=1S/C21H15ClFN3O/c1-27-17-10-11-19-18(12-17)20(13-4-8-16(23)9-5-13)25-26-21(24-19)14-2-6-15(22)7-3-14/h2-12H,1H3,(H,24,26). The van der Waals surface area contributed by atoms with E-state index in [1.807, 2.05) is 30.3 Å². The highest BCUT2D eigenvalue weighted by atomic mass is 35.5. The Kier molecular flexibility index (Phi) is 4.60. The first-order valence-electron chi connectivity index (χ1n) is 8.27. The minimum Gasteiger partial charge on any atom is -0.497 e. The minimum atomic E-state index is -0.301. The molecule has 4 nitrogen and oxygen atoms in total. The summed E-state index contributed by atoms with van der Waals surface area (Å²) < 4.78 is 18.7. The Morgan fingerprint density at radius 2 is 1.63 bits per heavy atom. The van der Waals surface area contributed by atoms with Crippen molar-refractivity contribution in [1.82, 2.24) is 5.43 Å². The molecule has 1 aliphatic heterocycles. The number of fused-ring (bicyclic) bond motifs is 1. The number of hydrogen-bond donors (Lipinski definition) is 1. The van der Waals surface area contributed by atoms with Gasteiger partial charge in [-0.2, -0.15) is 5.10 Å². The molecule has 0 atom stereocenters. The van der Waals surface area contributed by atoms with Gasteiger partial charge in [-0.05, 0) is 66.7 Å². The predicted molar refractivity (Wildman–Crippen MR) is 106 cm³/mol. The van der Waals surface area contributed by atoms with E-state index in [9.17, 15) is 4.39 Å². The molecule has 0 saturated carbocycles. The van der Waals surface area contributed by atoms with Crippen LogP contribution in [0.5, 0.6) is 5.75 Å². The third kappa shape index (κ3) is 3.55.